The molecule has 3 heterocycles. The molecule has 61 heavy (non-hydrogen) atoms. The molecule has 7 rings (SSSR count). The van der Waals surface area contributed by atoms with Gasteiger partial charge in [-0.3, -0.25) is 19.2 Å². The van der Waals surface area contributed by atoms with Crippen molar-refractivity contribution < 1.29 is 54.2 Å². The number of hydrogen-bond acceptors (Lipinski definition) is 13. The van der Waals surface area contributed by atoms with Gasteiger partial charge < -0.3 is 35.0 Å². The van der Waals surface area contributed by atoms with Gasteiger partial charge in [0.05, 0.1) is 52.6 Å². The van der Waals surface area contributed by atoms with Crippen LogP contribution in [0.1, 0.15) is 130 Å². The number of esters is 1. The Kier molecular flexibility index (Phi) is 13.7. The van der Waals surface area contributed by atoms with Gasteiger partial charge in [0.15, 0.2) is 11.6 Å². The third kappa shape index (κ3) is 8.96. The number of ether oxygens (including phenoxy) is 2. The molecule has 1 aromatic rings. The quantitative estimate of drug-likeness (QED) is 0.174. The number of hydrogen-bond donors (Lipinski definition) is 5. The van der Waals surface area contributed by atoms with Crippen molar-refractivity contribution in [1.29, 1.82) is 0 Å². The third-order valence-electron chi connectivity index (χ3n) is 16.2. The number of allylic oxidation sites excluding steroid dienone is 4. The van der Waals surface area contributed by atoms with Gasteiger partial charge in [-0.2, -0.15) is 0 Å². The lowest BCUT2D eigenvalue weighted by molar-refractivity contribution is -0.178. The van der Waals surface area contributed by atoms with Gasteiger partial charge >= 0.3 is 5.97 Å². The highest BCUT2D eigenvalue weighted by molar-refractivity contribution is 7.09. The van der Waals surface area contributed by atoms with E-state index in [0.29, 0.717) is 19.3 Å². The summed E-state index contributed by atoms with van der Waals surface area (Å²) >= 11 is 1.56. The minimum Gasteiger partial charge on any atom is -0.458 e. The molecule has 4 aliphatic carbocycles. The largest absolute Gasteiger partial charge is 0.458 e. The first-order chi connectivity index (χ1) is 28.4. The van der Waals surface area contributed by atoms with Crippen molar-refractivity contribution in [3.8, 4) is 0 Å². The van der Waals surface area contributed by atoms with Gasteiger partial charge in [0, 0.05) is 34.5 Å². The minimum absolute atomic E-state index is 0.00912. The van der Waals surface area contributed by atoms with Crippen LogP contribution in [0.15, 0.2) is 34.8 Å². The Morgan fingerprint density at radius 3 is 2.39 bits per heavy atom. The van der Waals surface area contributed by atoms with E-state index in [1.54, 1.807) is 44.3 Å². The third-order valence-corrected chi connectivity index (χ3v) is 17.0. The molecule has 0 radical (unpaired) electrons. The molecule has 6 aliphatic rings. The molecular formula is C48H69NO11S. The van der Waals surface area contributed by atoms with Gasteiger partial charge in [-0.05, 0) is 107 Å². The molecule has 2 saturated heterocycles. The van der Waals surface area contributed by atoms with Crippen molar-refractivity contribution in [2.75, 3.05) is 6.61 Å². The number of rotatable bonds is 4. The Bertz CT molecular complexity index is 1950. The fourth-order valence-electron chi connectivity index (χ4n) is 12.0. The normalized spacial score (nSPS) is 42.8. The highest BCUT2D eigenvalue weighted by atomic mass is 32.1. The van der Waals surface area contributed by atoms with E-state index in [9.17, 15) is 44.7 Å². The summed E-state index contributed by atoms with van der Waals surface area (Å²) in [5.74, 6) is -1.77. The van der Waals surface area contributed by atoms with E-state index in [-0.39, 0.29) is 58.8 Å². The Balaban J connectivity index is 0.000000212. The fraction of sp³-hybridized carbons (Fsp3) is 0.729. The maximum atomic E-state index is 13.2. The second-order valence-corrected chi connectivity index (χ2v) is 21.5. The summed E-state index contributed by atoms with van der Waals surface area (Å²) in [6, 6.07) is 0. The van der Waals surface area contributed by atoms with Gasteiger partial charge in [-0.1, -0.05) is 59.6 Å². The Morgan fingerprint density at radius 2 is 1.74 bits per heavy atom. The molecule has 0 aromatic carbocycles. The van der Waals surface area contributed by atoms with Gasteiger partial charge in [-0.15, -0.1) is 11.3 Å². The van der Waals surface area contributed by atoms with Crippen molar-refractivity contribution in [2.45, 2.75) is 168 Å². The number of aliphatic hydroxyl groups excluding tert-OH is 4. The summed E-state index contributed by atoms with van der Waals surface area (Å²) in [6.45, 7) is 16.2. The molecule has 13 heteroatoms. The second kappa shape index (κ2) is 17.6. The van der Waals surface area contributed by atoms with E-state index >= 15 is 0 Å². The van der Waals surface area contributed by atoms with E-state index in [0.717, 1.165) is 60.4 Å². The molecule has 0 bridgehead atoms. The lowest BCUT2D eigenvalue weighted by Crippen LogP contribution is -2.61. The van der Waals surface area contributed by atoms with E-state index in [1.807, 2.05) is 45.2 Å². The number of carbonyl (C=O) groups is 4. The number of thiazole rings is 1. The number of aromatic nitrogens is 1. The summed E-state index contributed by atoms with van der Waals surface area (Å²) in [7, 11) is 0. The monoisotopic (exact) mass is 867 g/mol. The maximum Gasteiger partial charge on any atom is 0.309 e. The molecule has 1 aromatic heterocycles. The molecule has 338 valence electrons. The highest BCUT2D eigenvalue weighted by Crippen LogP contribution is 2.67. The molecule has 0 spiro atoms. The van der Waals surface area contributed by atoms with Crippen LogP contribution in [-0.4, -0.2) is 102 Å². The predicted molar refractivity (Wildman–Crippen MR) is 231 cm³/mol. The van der Waals surface area contributed by atoms with E-state index in [4.69, 9.17) is 9.47 Å². The summed E-state index contributed by atoms with van der Waals surface area (Å²) in [5, 5.41) is 56.3. The average Bonchev–Trinajstić information content (AvgIpc) is 3.48. The minimum atomic E-state index is -1.56. The maximum absolute atomic E-state index is 13.2. The Labute approximate surface area is 364 Å². The first-order valence-electron chi connectivity index (χ1n) is 22.3. The number of aryl methyl sites for hydroxylation is 1. The molecule has 0 unspecified atom stereocenters. The number of epoxide rings is 1. The molecule has 2 aliphatic heterocycles. The Morgan fingerprint density at radius 1 is 1.03 bits per heavy atom. The standard InChI is InChI=1S/C27H41NO6S.C21H28O5/c1-15-9-8-10-27(7)22(34-27)12-20(16(2)11-19-14-35-18(4)28-19)33-23(30)13-21(29)26(5,6)25(32)17(3)24(15)31;1-19-7-5-13(23)9-12(19)3-4-14-15-6-8-21(26,17(25)11-22)20(15,2)10-16(24)18(14)19/h11,14-15,17,20-22,24,29,31H,8-10,12-13H2,1-7H3;5,7,9,14-16,18,22,24,26H,3-4,6,8,10-11H2,1-2H3/b16-11+;/t15-,17+,20-,21-,22-,24-,27+;14-,15-,16-,18+,19-,20-,21-/m00/s1. The van der Waals surface area contributed by atoms with Crippen LogP contribution in [0.25, 0.3) is 6.08 Å². The zero-order chi connectivity index (χ0) is 45.0. The first kappa shape index (κ1) is 47.6. The summed E-state index contributed by atoms with van der Waals surface area (Å²) in [4.78, 5) is 54.8. The van der Waals surface area contributed by atoms with Crippen LogP contribution in [0.5, 0.6) is 0 Å². The zero-order valence-corrected chi connectivity index (χ0v) is 38.3. The van der Waals surface area contributed by atoms with Crippen LogP contribution in [0.4, 0.5) is 0 Å². The van der Waals surface area contributed by atoms with Crippen molar-refractivity contribution in [3.05, 3.63) is 45.5 Å². The van der Waals surface area contributed by atoms with Gasteiger partial charge in [-0.25, -0.2) is 4.98 Å². The van der Waals surface area contributed by atoms with E-state index in [1.165, 1.54) is 0 Å². The molecule has 14 atom stereocenters. The first-order valence-corrected chi connectivity index (χ1v) is 23.2. The van der Waals surface area contributed by atoms with Gasteiger partial charge in [0.1, 0.15) is 24.1 Å². The van der Waals surface area contributed by atoms with Crippen LogP contribution in [0.2, 0.25) is 0 Å². The summed E-state index contributed by atoms with van der Waals surface area (Å²) in [6.07, 6.45) is 9.67. The van der Waals surface area contributed by atoms with Crippen LogP contribution >= 0.6 is 11.3 Å². The number of ketones is 3. The number of aliphatic hydroxyl groups is 5. The van der Waals surface area contributed by atoms with Crippen molar-refractivity contribution in [1.82, 2.24) is 4.98 Å². The van der Waals surface area contributed by atoms with E-state index < -0.39 is 65.1 Å². The molecule has 3 saturated carbocycles. The van der Waals surface area contributed by atoms with Crippen molar-refractivity contribution in [2.24, 2.45) is 45.8 Å². The fourth-order valence-corrected chi connectivity index (χ4v) is 12.6. The van der Waals surface area contributed by atoms with E-state index in [2.05, 4.69) is 18.8 Å². The SMILES string of the molecule is C/C(=C\c1csc(C)n1)[C@@H]1C[C@@H]2O[C@]2(C)CCC[C@H](C)[C@H](O)[C@@H](C)C(=O)C(C)(C)[C@@H](O)CC(=O)O1.C[C@]12C=CC(=O)C=C1CC[C@@H]1[C@@H]2[C@@H](O)C[C@@]2(C)[C@H]1CC[C@]2(O)C(=O)CO. The number of carbonyl (C=O) groups excluding carboxylic acids is 4. The van der Waals surface area contributed by atoms with Crippen molar-refractivity contribution in [3.63, 3.8) is 0 Å². The number of cyclic esters (lactones) is 1. The van der Waals surface area contributed by atoms with Gasteiger partial charge in [0.2, 0.25) is 0 Å². The summed E-state index contributed by atoms with van der Waals surface area (Å²) < 4.78 is 11.9. The zero-order valence-electron chi connectivity index (χ0n) is 37.5. The van der Waals surface area contributed by atoms with Crippen LogP contribution < -0.4 is 0 Å². The molecular weight excluding hydrogens is 799 g/mol. The molecule has 5 N–H and O–H groups in total. The van der Waals surface area contributed by atoms with Crippen LogP contribution in [-0.2, 0) is 28.7 Å². The predicted octanol–water partition coefficient (Wildman–Crippen LogP) is 6.04. The highest BCUT2D eigenvalue weighted by Gasteiger charge is 2.68. The smallest absolute Gasteiger partial charge is 0.309 e. The van der Waals surface area contributed by atoms with Crippen LogP contribution in [0.3, 0.4) is 0 Å². The lowest BCUT2D eigenvalue weighted by Gasteiger charge is -2.59. The van der Waals surface area contributed by atoms with Gasteiger partial charge in [0.25, 0.3) is 0 Å². The topological polar surface area (TPSA) is 204 Å². The molecule has 12 nitrogen and oxygen atoms in total. The average molecular weight is 868 g/mol. The second-order valence-electron chi connectivity index (χ2n) is 20.5. The van der Waals surface area contributed by atoms with Crippen molar-refractivity contribution >= 4 is 40.7 Å². The number of Topliss-reactive ketones (excluding diaryl/α,β-unsaturated/α-hetero) is 2. The Hall–Kier alpha value is -2.91. The molecule has 5 fully saturated rings. The lowest BCUT2D eigenvalue weighted by atomic mass is 9.46. The van der Waals surface area contributed by atoms with Crippen LogP contribution in [0, 0.1) is 52.8 Å². The summed E-state index contributed by atoms with van der Waals surface area (Å²) in [5.41, 5.74) is -1.36. The number of nitrogens with zero attached hydrogens (tertiary/aromatic N) is 1. The molecule has 0 amide bonds. The number of fused-ring (bicyclic) bond motifs is 6.